The highest BCUT2D eigenvalue weighted by atomic mass is 32.2. The third-order valence-electron chi connectivity index (χ3n) is 3.82. The van der Waals surface area contributed by atoms with Crippen molar-refractivity contribution in [2.24, 2.45) is 0 Å². The highest BCUT2D eigenvalue weighted by Crippen LogP contribution is 2.31. The number of hydrogen-bond donors (Lipinski definition) is 1. The van der Waals surface area contributed by atoms with Crippen molar-refractivity contribution in [1.82, 2.24) is 10.3 Å². The van der Waals surface area contributed by atoms with Crippen LogP contribution in [0.4, 0.5) is 13.2 Å². The minimum absolute atomic E-state index is 0.0637. The number of nitrogens with one attached hydrogen (secondary N) is 1. The molecule has 1 aliphatic rings. The fourth-order valence-corrected chi connectivity index (χ4v) is 5.06. The van der Waals surface area contributed by atoms with Crippen LogP contribution in [-0.2, 0) is 22.6 Å². The van der Waals surface area contributed by atoms with E-state index >= 15 is 0 Å². The first-order valence-electron chi connectivity index (χ1n) is 7.29. The maximum Gasteiger partial charge on any atom is 0.416 e. The lowest BCUT2D eigenvalue weighted by atomic mass is 10.1. The van der Waals surface area contributed by atoms with Crippen LogP contribution < -0.4 is 5.32 Å². The Hall–Kier alpha value is -1.45. The Bertz CT molecular complexity index is 814. The summed E-state index contributed by atoms with van der Waals surface area (Å²) in [6.07, 6.45) is -3.75. The van der Waals surface area contributed by atoms with Crippen LogP contribution in [0.25, 0.3) is 10.6 Å². The minimum atomic E-state index is -4.35. The number of halogens is 3. The van der Waals surface area contributed by atoms with Crippen molar-refractivity contribution >= 4 is 21.2 Å². The van der Waals surface area contributed by atoms with Crippen molar-refractivity contribution in [3.8, 4) is 10.6 Å². The van der Waals surface area contributed by atoms with Crippen LogP contribution in [0.5, 0.6) is 0 Å². The van der Waals surface area contributed by atoms with E-state index in [9.17, 15) is 21.6 Å². The molecule has 1 atom stereocenters. The molecule has 3 rings (SSSR count). The normalized spacial score (nSPS) is 20.4. The van der Waals surface area contributed by atoms with E-state index in [-0.39, 0.29) is 17.5 Å². The van der Waals surface area contributed by atoms with Gasteiger partial charge in [-0.25, -0.2) is 13.4 Å². The summed E-state index contributed by atoms with van der Waals surface area (Å²) in [4.78, 5) is 4.39. The highest BCUT2D eigenvalue weighted by molar-refractivity contribution is 7.91. The molecular formula is C15H15F3N2O2S2. The first kappa shape index (κ1) is 17.4. The van der Waals surface area contributed by atoms with Crippen LogP contribution in [-0.4, -0.2) is 30.9 Å². The largest absolute Gasteiger partial charge is 0.416 e. The van der Waals surface area contributed by atoms with Crippen molar-refractivity contribution < 1.29 is 21.6 Å². The van der Waals surface area contributed by atoms with Crippen molar-refractivity contribution in [3.63, 3.8) is 0 Å². The van der Waals surface area contributed by atoms with Crippen molar-refractivity contribution in [2.45, 2.75) is 25.2 Å². The third-order valence-corrected chi connectivity index (χ3v) is 6.52. The van der Waals surface area contributed by atoms with E-state index in [2.05, 4.69) is 10.3 Å². The van der Waals surface area contributed by atoms with Gasteiger partial charge in [-0.05, 0) is 18.6 Å². The molecule has 1 fully saturated rings. The topological polar surface area (TPSA) is 59.1 Å². The zero-order valence-electron chi connectivity index (χ0n) is 12.5. The average molecular weight is 376 g/mol. The Balaban J connectivity index is 1.63. The van der Waals surface area contributed by atoms with Crippen LogP contribution in [0.1, 0.15) is 17.7 Å². The predicted molar refractivity (Wildman–Crippen MR) is 86.5 cm³/mol. The molecule has 0 amide bonds. The van der Waals surface area contributed by atoms with Gasteiger partial charge < -0.3 is 5.32 Å². The standard InChI is InChI=1S/C15H15F3N2O2S2/c16-15(17,18)11-3-1-10(2-4-11)14-20-13(8-23-14)7-19-12-5-6-24(21,22)9-12/h1-4,8,12,19H,5-7,9H2. The van der Waals surface area contributed by atoms with Gasteiger partial charge in [-0.1, -0.05) is 12.1 Å². The van der Waals surface area contributed by atoms with Crippen LogP contribution in [0, 0.1) is 0 Å². The van der Waals surface area contributed by atoms with E-state index in [1.165, 1.54) is 23.5 Å². The highest BCUT2D eigenvalue weighted by Gasteiger charge is 2.30. The SMILES string of the molecule is O=S1(=O)CCC(NCc2csc(-c3ccc(C(F)(F)F)cc3)n2)C1. The van der Waals surface area contributed by atoms with E-state index in [0.29, 0.717) is 23.5 Å². The molecule has 1 aromatic carbocycles. The molecule has 1 aliphatic heterocycles. The van der Waals surface area contributed by atoms with Gasteiger partial charge in [0.1, 0.15) is 5.01 Å². The van der Waals surface area contributed by atoms with E-state index in [0.717, 1.165) is 17.8 Å². The van der Waals surface area contributed by atoms with Crippen molar-refractivity contribution in [3.05, 3.63) is 40.9 Å². The molecule has 1 N–H and O–H groups in total. The predicted octanol–water partition coefficient (Wildman–Crippen LogP) is 3.11. The molecule has 1 saturated heterocycles. The summed E-state index contributed by atoms with van der Waals surface area (Å²) < 4.78 is 60.5. The number of sulfone groups is 1. The zero-order chi connectivity index (χ0) is 17.4. The number of benzene rings is 1. The van der Waals surface area contributed by atoms with Crippen LogP contribution in [0.15, 0.2) is 29.6 Å². The third kappa shape index (κ3) is 4.14. The van der Waals surface area contributed by atoms with Gasteiger partial charge in [0.2, 0.25) is 0 Å². The number of thiazole rings is 1. The van der Waals surface area contributed by atoms with Gasteiger partial charge in [0.15, 0.2) is 9.84 Å². The number of hydrogen-bond acceptors (Lipinski definition) is 5. The fraction of sp³-hybridized carbons (Fsp3) is 0.400. The molecule has 130 valence electrons. The number of nitrogens with zero attached hydrogens (tertiary/aromatic N) is 1. The van der Waals surface area contributed by atoms with Crippen molar-refractivity contribution in [1.29, 1.82) is 0 Å². The first-order valence-corrected chi connectivity index (χ1v) is 9.99. The Kier molecular flexibility index (Phi) is 4.67. The van der Waals surface area contributed by atoms with Gasteiger partial charge in [0.25, 0.3) is 0 Å². The lowest BCUT2D eigenvalue weighted by molar-refractivity contribution is -0.137. The molecule has 0 aliphatic carbocycles. The molecule has 0 bridgehead atoms. The second kappa shape index (κ2) is 6.45. The van der Waals surface area contributed by atoms with E-state index in [1.807, 2.05) is 5.38 Å². The van der Waals surface area contributed by atoms with Gasteiger partial charge in [0, 0.05) is 23.5 Å². The Morgan fingerprint density at radius 1 is 1.25 bits per heavy atom. The fourth-order valence-electron chi connectivity index (χ4n) is 2.53. The molecule has 4 nitrogen and oxygen atoms in total. The maximum absolute atomic E-state index is 12.6. The maximum atomic E-state index is 12.6. The Morgan fingerprint density at radius 3 is 2.54 bits per heavy atom. The summed E-state index contributed by atoms with van der Waals surface area (Å²) in [5.74, 6) is 0.349. The Morgan fingerprint density at radius 2 is 1.96 bits per heavy atom. The number of aromatic nitrogens is 1. The molecular weight excluding hydrogens is 361 g/mol. The molecule has 2 heterocycles. The quantitative estimate of drug-likeness (QED) is 0.891. The summed E-state index contributed by atoms with van der Waals surface area (Å²) in [6.45, 7) is 0.442. The molecule has 1 aromatic heterocycles. The minimum Gasteiger partial charge on any atom is -0.307 e. The second-order valence-corrected chi connectivity index (χ2v) is 8.79. The van der Waals surface area contributed by atoms with Crippen LogP contribution in [0.3, 0.4) is 0 Å². The Labute approximate surface area is 141 Å². The lowest BCUT2D eigenvalue weighted by Gasteiger charge is -2.08. The van der Waals surface area contributed by atoms with Gasteiger partial charge in [0.05, 0.1) is 22.8 Å². The second-order valence-electron chi connectivity index (χ2n) is 5.70. The van der Waals surface area contributed by atoms with Gasteiger partial charge in [-0.15, -0.1) is 11.3 Å². The monoisotopic (exact) mass is 376 g/mol. The molecule has 0 spiro atoms. The molecule has 0 radical (unpaired) electrons. The van der Waals surface area contributed by atoms with E-state index in [1.54, 1.807) is 0 Å². The van der Waals surface area contributed by atoms with Crippen LogP contribution in [0.2, 0.25) is 0 Å². The van der Waals surface area contributed by atoms with Gasteiger partial charge in [-0.2, -0.15) is 13.2 Å². The summed E-state index contributed by atoms with van der Waals surface area (Å²) in [5.41, 5.74) is 0.689. The molecule has 0 saturated carbocycles. The lowest BCUT2D eigenvalue weighted by Crippen LogP contribution is -2.29. The molecule has 2 aromatic rings. The van der Waals surface area contributed by atoms with Crippen molar-refractivity contribution in [2.75, 3.05) is 11.5 Å². The summed E-state index contributed by atoms with van der Waals surface area (Å²) in [6, 6.07) is 4.83. The summed E-state index contributed by atoms with van der Waals surface area (Å²) in [7, 11) is -2.93. The van der Waals surface area contributed by atoms with E-state index < -0.39 is 21.6 Å². The number of alkyl halides is 3. The average Bonchev–Trinajstić information content (AvgIpc) is 3.11. The molecule has 9 heteroatoms. The molecule has 1 unspecified atom stereocenters. The first-order chi connectivity index (χ1) is 11.2. The smallest absolute Gasteiger partial charge is 0.307 e. The summed E-state index contributed by atoms with van der Waals surface area (Å²) in [5, 5.41) is 5.62. The number of rotatable bonds is 4. The molecule has 24 heavy (non-hydrogen) atoms. The summed E-state index contributed by atoms with van der Waals surface area (Å²) >= 11 is 1.35. The van der Waals surface area contributed by atoms with E-state index in [4.69, 9.17) is 0 Å². The zero-order valence-corrected chi connectivity index (χ0v) is 14.1. The van der Waals surface area contributed by atoms with Gasteiger partial charge in [-0.3, -0.25) is 0 Å². The van der Waals surface area contributed by atoms with Crippen LogP contribution >= 0.6 is 11.3 Å². The van der Waals surface area contributed by atoms with Gasteiger partial charge >= 0.3 is 6.18 Å².